The monoisotopic (exact) mass is 478 g/mol. The number of carbonyl (C=O) groups excluding carboxylic acids is 5. The predicted molar refractivity (Wildman–Crippen MR) is 110 cm³/mol. The average molecular weight is 478 g/mol. The fraction of sp³-hybridized carbons (Fsp3) is 0.562. The lowest BCUT2D eigenvalue weighted by Crippen LogP contribution is -2.58. The second-order valence-electron chi connectivity index (χ2n) is 6.58. The average Bonchev–Trinajstić information content (AvgIpc) is 2.66. The number of hydrogen-bond donors (Lipinski definition) is 9. The summed E-state index contributed by atoms with van der Waals surface area (Å²) in [4.78, 5) is 81.2. The summed E-state index contributed by atoms with van der Waals surface area (Å²) in [6.07, 6.45) is -2.18. The van der Waals surface area contributed by atoms with E-state index in [0.29, 0.717) is 0 Å². The van der Waals surface area contributed by atoms with Crippen LogP contribution < -0.4 is 33.2 Å². The number of aliphatic carboxylic acids is 2. The third kappa shape index (κ3) is 11.1. The molecule has 4 unspecified atom stereocenters. The zero-order valence-electron chi connectivity index (χ0n) is 16.8. The van der Waals surface area contributed by atoms with E-state index in [0.717, 1.165) is 0 Å². The van der Waals surface area contributed by atoms with Crippen LogP contribution in [0.15, 0.2) is 0 Å². The molecule has 32 heavy (non-hydrogen) atoms. The van der Waals surface area contributed by atoms with Crippen LogP contribution in [0.1, 0.15) is 25.7 Å². The number of hydrogen-bond acceptors (Lipinski definition) is 9. The van der Waals surface area contributed by atoms with Crippen molar-refractivity contribution < 1.29 is 43.8 Å². The van der Waals surface area contributed by atoms with E-state index in [1.54, 1.807) is 0 Å². The molecule has 0 heterocycles. The van der Waals surface area contributed by atoms with Gasteiger partial charge >= 0.3 is 11.9 Å². The van der Waals surface area contributed by atoms with Crippen molar-refractivity contribution in [3.8, 4) is 0 Å². The van der Waals surface area contributed by atoms with E-state index >= 15 is 0 Å². The smallest absolute Gasteiger partial charge is 0.327 e. The molecular formula is C16H26N6O9S. The standard InChI is InChI=1S/C16H26N6O9S/c17-6(3-12(25)26)13(27)20-7(1-2-10(18)23)14(28)21-8(4-11(19)24)15(29)22-9(5-32)16(30)31/h6-9,32H,1-5,17H2,(H2,18,23)(H2,19,24)(H,20,27)(H,21,28)(H,22,29)(H,25,26)(H,30,31). The largest absolute Gasteiger partial charge is 0.481 e. The minimum atomic E-state index is -1.62. The number of carboxylic acids is 2. The van der Waals surface area contributed by atoms with Crippen molar-refractivity contribution in [3.05, 3.63) is 0 Å². The zero-order chi connectivity index (χ0) is 25.0. The van der Waals surface area contributed by atoms with Gasteiger partial charge in [-0.25, -0.2) is 4.79 Å². The highest BCUT2D eigenvalue weighted by Gasteiger charge is 2.31. The number of nitrogens with two attached hydrogens (primary N) is 3. The first-order valence-corrected chi connectivity index (χ1v) is 9.70. The summed E-state index contributed by atoms with van der Waals surface area (Å²) < 4.78 is 0. The van der Waals surface area contributed by atoms with Gasteiger partial charge in [0.25, 0.3) is 0 Å². The van der Waals surface area contributed by atoms with Crippen molar-refractivity contribution in [1.82, 2.24) is 16.0 Å². The van der Waals surface area contributed by atoms with Crippen molar-refractivity contribution >= 4 is 54.1 Å². The fourth-order valence-electron chi connectivity index (χ4n) is 2.26. The summed E-state index contributed by atoms with van der Waals surface area (Å²) in [6.45, 7) is 0. The van der Waals surface area contributed by atoms with Gasteiger partial charge in [0, 0.05) is 12.2 Å². The molecule has 16 heteroatoms. The van der Waals surface area contributed by atoms with Crippen LogP contribution in [0.5, 0.6) is 0 Å². The SMILES string of the molecule is NC(=O)CCC(NC(=O)C(N)CC(=O)O)C(=O)NC(CC(N)=O)C(=O)NC(CS)C(=O)O. The molecule has 180 valence electrons. The Kier molecular flexibility index (Phi) is 12.3. The molecule has 0 rings (SSSR count). The highest BCUT2D eigenvalue weighted by Crippen LogP contribution is 2.03. The number of rotatable bonds is 15. The normalized spacial score (nSPS) is 14.2. The quantitative estimate of drug-likeness (QED) is 0.102. The summed E-state index contributed by atoms with van der Waals surface area (Å²) in [5.41, 5.74) is 15.5. The van der Waals surface area contributed by atoms with E-state index in [-0.39, 0.29) is 18.6 Å². The first-order chi connectivity index (χ1) is 14.8. The molecule has 0 spiro atoms. The summed E-state index contributed by atoms with van der Waals surface area (Å²) in [5.74, 6) is -8.08. The minimum absolute atomic E-state index is 0.295. The molecular weight excluding hydrogens is 452 g/mol. The van der Waals surface area contributed by atoms with Crippen molar-refractivity contribution in [2.45, 2.75) is 49.9 Å². The summed E-state index contributed by atoms with van der Waals surface area (Å²) in [7, 11) is 0. The Morgan fingerprint density at radius 1 is 0.750 bits per heavy atom. The Morgan fingerprint density at radius 2 is 1.25 bits per heavy atom. The number of nitrogens with one attached hydrogen (secondary N) is 3. The van der Waals surface area contributed by atoms with Crippen molar-refractivity contribution in [1.29, 1.82) is 0 Å². The third-order valence-corrected chi connectivity index (χ3v) is 4.24. The van der Waals surface area contributed by atoms with E-state index in [4.69, 9.17) is 27.4 Å². The molecule has 5 amide bonds. The fourth-order valence-corrected chi connectivity index (χ4v) is 2.50. The summed E-state index contributed by atoms with van der Waals surface area (Å²) in [5, 5.41) is 24.1. The first-order valence-electron chi connectivity index (χ1n) is 9.07. The minimum Gasteiger partial charge on any atom is -0.481 e. The van der Waals surface area contributed by atoms with Crippen LogP contribution in [0.25, 0.3) is 0 Å². The maximum absolute atomic E-state index is 12.6. The molecule has 0 saturated carbocycles. The van der Waals surface area contributed by atoms with E-state index in [2.05, 4.69) is 28.6 Å². The Bertz CT molecular complexity index is 762. The van der Waals surface area contributed by atoms with E-state index in [1.165, 1.54) is 0 Å². The van der Waals surface area contributed by atoms with Crippen LogP contribution in [0, 0.1) is 0 Å². The van der Waals surface area contributed by atoms with Gasteiger partial charge in [-0.2, -0.15) is 12.6 Å². The molecule has 0 aliphatic carbocycles. The second kappa shape index (κ2) is 13.8. The zero-order valence-corrected chi connectivity index (χ0v) is 17.7. The van der Waals surface area contributed by atoms with Gasteiger partial charge in [0.2, 0.25) is 29.5 Å². The van der Waals surface area contributed by atoms with Gasteiger partial charge in [-0.1, -0.05) is 0 Å². The van der Waals surface area contributed by atoms with Gasteiger partial charge < -0.3 is 43.4 Å². The molecule has 0 aliphatic rings. The van der Waals surface area contributed by atoms with Crippen LogP contribution in [-0.4, -0.2) is 81.6 Å². The molecule has 0 aromatic heterocycles. The van der Waals surface area contributed by atoms with Crippen molar-refractivity contribution in [2.24, 2.45) is 17.2 Å². The Balaban J connectivity index is 5.51. The molecule has 15 nitrogen and oxygen atoms in total. The second-order valence-corrected chi connectivity index (χ2v) is 6.95. The summed E-state index contributed by atoms with van der Waals surface area (Å²) in [6, 6.07) is -6.06. The number of carbonyl (C=O) groups is 7. The van der Waals surface area contributed by atoms with E-state index in [9.17, 15) is 33.6 Å². The Labute approximate surface area is 187 Å². The first kappa shape index (κ1) is 28.6. The van der Waals surface area contributed by atoms with Crippen LogP contribution in [0.3, 0.4) is 0 Å². The lowest BCUT2D eigenvalue weighted by atomic mass is 10.1. The maximum Gasteiger partial charge on any atom is 0.327 e. The molecule has 0 aromatic carbocycles. The topological polar surface area (TPSA) is 274 Å². The van der Waals surface area contributed by atoms with Gasteiger partial charge in [-0.3, -0.25) is 28.8 Å². The number of carboxylic acid groups (broad SMARTS) is 2. The predicted octanol–water partition coefficient (Wildman–Crippen LogP) is -4.60. The molecule has 0 aromatic rings. The molecule has 4 atom stereocenters. The molecule has 0 saturated heterocycles. The van der Waals surface area contributed by atoms with Gasteiger partial charge in [0.05, 0.1) is 18.9 Å². The number of primary amides is 2. The molecule has 0 bridgehead atoms. The molecule has 11 N–H and O–H groups in total. The Morgan fingerprint density at radius 3 is 1.69 bits per heavy atom. The van der Waals surface area contributed by atoms with Crippen molar-refractivity contribution in [3.63, 3.8) is 0 Å². The van der Waals surface area contributed by atoms with E-state index in [1.807, 2.05) is 0 Å². The molecule has 0 radical (unpaired) electrons. The maximum atomic E-state index is 12.6. The Hall–Kier alpha value is -3.40. The number of amides is 5. The third-order valence-electron chi connectivity index (χ3n) is 3.88. The number of thiol groups is 1. The van der Waals surface area contributed by atoms with Crippen LogP contribution in [-0.2, 0) is 33.6 Å². The van der Waals surface area contributed by atoms with Gasteiger partial charge in [0.15, 0.2) is 0 Å². The van der Waals surface area contributed by atoms with Crippen LogP contribution in [0.2, 0.25) is 0 Å². The summed E-state index contributed by atoms with van der Waals surface area (Å²) >= 11 is 3.78. The van der Waals surface area contributed by atoms with Gasteiger partial charge in [-0.15, -0.1) is 0 Å². The lowest BCUT2D eigenvalue weighted by Gasteiger charge is -2.24. The lowest BCUT2D eigenvalue weighted by molar-refractivity contribution is -0.141. The molecule has 0 fully saturated rings. The highest BCUT2D eigenvalue weighted by atomic mass is 32.1. The van der Waals surface area contributed by atoms with Crippen LogP contribution >= 0.6 is 12.6 Å². The van der Waals surface area contributed by atoms with Crippen LogP contribution in [0.4, 0.5) is 0 Å². The molecule has 0 aliphatic heterocycles. The highest BCUT2D eigenvalue weighted by molar-refractivity contribution is 7.80. The van der Waals surface area contributed by atoms with E-state index < -0.39 is 78.5 Å². The van der Waals surface area contributed by atoms with Gasteiger partial charge in [-0.05, 0) is 6.42 Å². The van der Waals surface area contributed by atoms with Gasteiger partial charge in [0.1, 0.15) is 18.1 Å². The van der Waals surface area contributed by atoms with Crippen molar-refractivity contribution in [2.75, 3.05) is 5.75 Å².